The number of carbonyl (C=O) groups excluding carboxylic acids is 1. The number of hydrogen-bond donors (Lipinski definition) is 1. The molecule has 0 saturated heterocycles. The Bertz CT molecular complexity index is 335. The summed E-state index contributed by atoms with van der Waals surface area (Å²) >= 11 is 0. The van der Waals surface area contributed by atoms with Gasteiger partial charge in [-0.1, -0.05) is 37.3 Å². The number of amides is 1. The molecule has 2 N–H and O–H groups in total. The molecule has 0 heterocycles. The van der Waals surface area contributed by atoms with Gasteiger partial charge in [0, 0.05) is 7.05 Å². The second kappa shape index (κ2) is 5.66. The first-order chi connectivity index (χ1) is 7.57. The Hall–Kier alpha value is -1.35. The molecule has 0 fully saturated rings. The molecule has 0 saturated carbocycles. The van der Waals surface area contributed by atoms with Gasteiger partial charge in [-0.3, -0.25) is 4.79 Å². The molecule has 0 aliphatic rings. The van der Waals surface area contributed by atoms with E-state index in [1.807, 2.05) is 37.4 Å². The fraction of sp³-hybridized carbons (Fsp3) is 0.462. The highest BCUT2D eigenvalue weighted by Gasteiger charge is 2.21. The molecule has 3 heteroatoms. The van der Waals surface area contributed by atoms with Crippen molar-refractivity contribution in [3.05, 3.63) is 35.9 Å². The SMILES string of the molecule is CC[C@@H](c1ccccc1)N(C)C(=O)[C@H](C)N. The third-order valence-electron chi connectivity index (χ3n) is 2.78. The Labute approximate surface area is 97.2 Å². The van der Waals surface area contributed by atoms with Gasteiger partial charge in [0.1, 0.15) is 0 Å². The largest absolute Gasteiger partial charge is 0.337 e. The van der Waals surface area contributed by atoms with Crippen molar-refractivity contribution < 1.29 is 4.79 Å². The molecule has 2 atom stereocenters. The van der Waals surface area contributed by atoms with Crippen LogP contribution in [0.15, 0.2) is 30.3 Å². The summed E-state index contributed by atoms with van der Waals surface area (Å²) in [6, 6.07) is 9.70. The van der Waals surface area contributed by atoms with Crippen LogP contribution in [0.3, 0.4) is 0 Å². The zero-order chi connectivity index (χ0) is 12.1. The molecule has 0 aliphatic heterocycles. The summed E-state index contributed by atoms with van der Waals surface area (Å²) in [5.74, 6) is -0.0179. The Morgan fingerprint density at radius 1 is 1.38 bits per heavy atom. The van der Waals surface area contributed by atoms with E-state index in [4.69, 9.17) is 5.73 Å². The number of benzene rings is 1. The minimum atomic E-state index is -0.442. The lowest BCUT2D eigenvalue weighted by Crippen LogP contribution is -2.41. The van der Waals surface area contributed by atoms with Gasteiger partial charge in [-0.05, 0) is 18.9 Å². The number of carbonyl (C=O) groups is 1. The first kappa shape index (κ1) is 12.7. The minimum absolute atomic E-state index is 0.0179. The molecule has 0 radical (unpaired) electrons. The van der Waals surface area contributed by atoms with Crippen molar-refractivity contribution in [3.8, 4) is 0 Å². The number of hydrogen-bond acceptors (Lipinski definition) is 2. The topological polar surface area (TPSA) is 46.3 Å². The van der Waals surface area contributed by atoms with Gasteiger partial charge in [-0.25, -0.2) is 0 Å². The Kier molecular flexibility index (Phi) is 4.50. The standard InChI is InChI=1S/C13H20N2O/c1-4-12(11-8-6-5-7-9-11)15(3)13(16)10(2)14/h5-10,12H,4,14H2,1-3H3/t10-,12-/m0/s1. The van der Waals surface area contributed by atoms with Crippen LogP contribution in [0.4, 0.5) is 0 Å². The third kappa shape index (κ3) is 2.83. The molecule has 1 amide bonds. The number of nitrogens with zero attached hydrogens (tertiary/aromatic N) is 1. The first-order valence-corrected chi connectivity index (χ1v) is 5.65. The van der Waals surface area contributed by atoms with E-state index in [1.165, 1.54) is 0 Å². The zero-order valence-electron chi connectivity index (χ0n) is 10.2. The molecule has 0 aliphatic carbocycles. The summed E-state index contributed by atoms with van der Waals surface area (Å²) in [5, 5.41) is 0. The molecule has 1 rings (SSSR count). The van der Waals surface area contributed by atoms with Gasteiger partial charge in [0.15, 0.2) is 0 Å². The Balaban J connectivity index is 2.87. The van der Waals surface area contributed by atoms with Crippen LogP contribution in [-0.2, 0) is 4.79 Å². The smallest absolute Gasteiger partial charge is 0.239 e. The number of likely N-dealkylation sites (N-methyl/N-ethyl adjacent to an activating group) is 1. The molecule has 0 aromatic heterocycles. The predicted octanol–water partition coefficient (Wildman–Crippen LogP) is 1.94. The lowest BCUT2D eigenvalue weighted by molar-refractivity contribution is -0.133. The first-order valence-electron chi connectivity index (χ1n) is 5.65. The van der Waals surface area contributed by atoms with E-state index in [-0.39, 0.29) is 11.9 Å². The number of rotatable bonds is 4. The highest BCUT2D eigenvalue weighted by atomic mass is 16.2. The second-order valence-corrected chi connectivity index (χ2v) is 4.07. The fourth-order valence-electron chi connectivity index (χ4n) is 1.88. The van der Waals surface area contributed by atoms with Crippen LogP contribution in [0.1, 0.15) is 31.9 Å². The molecular formula is C13H20N2O. The average Bonchev–Trinajstić information content (AvgIpc) is 2.30. The van der Waals surface area contributed by atoms with Crippen LogP contribution in [0.2, 0.25) is 0 Å². The summed E-state index contributed by atoms with van der Waals surface area (Å²) in [6.45, 7) is 3.79. The molecule has 88 valence electrons. The van der Waals surface area contributed by atoms with Crippen molar-refractivity contribution in [2.75, 3.05) is 7.05 Å². The van der Waals surface area contributed by atoms with Gasteiger partial charge in [-0.15, -0.1) is 0 Å². The summed E-state index contributed by atoms with van der Waals surface area (Å²) in [6.07, 6.45) is 0.888. The zero-order valence-corrected chi connectivity index (χ0v) is 10.2. The number of nitrogens with two attached hydrogens (primary N) is 1. The van der Waals surface area contributed by atoms with Gasteiger partial charge in [0.25, 0.3) is 0 Å². The van der Waals surface area contributed by atoms with Crippen molar-refractivity contribution in [2.24, 2.45) is 5.73 Å². The van der Waals surface area contributed by atoms with Crippen molar-refractivity contribution in [1.29, 1.82) is 0 Å². The molecule has 1 aromatic carbocycles. The highest BCUT2D eigenvalue weighted by molar-refractivity contribution is 5.81. The molecule has 0 bridgehead atoms. The van der Waals surface area contributed by atoms with Crippen LogP contribution in [0, 0.1) is 0 Å². The van der Waals surface area contributed by atoms with Gasteiger partial charge < -0.3 is 10.6 Å². The Morgan fingerprint density at radius 2 is 1.94 bits per heavy atom. The van der Waals surface area contributed by atoms with Crippen LogP contribution in [0.25, 0.3) is 0 Å². The van der Waals surface area contributed by atoms with E-state index in [0.29, 0.717) is 0 Å². The van der Waals surface area contributed by atoms with Crippen molar-refractivity contribution in [3.63, 3.8) is 0 Å². The fourth-order valence-corrected chi connectivity index (χ4v) is 1.88. The lowest BCUT2D eigenvalue weighted by atomic mass is 10.0. The van der Waals surface area contributed by atoms with Gasteiger partial charge >= 0.3 is 0 Å². The molecular weight excluding hydrogens is 200 g/mol. The maximum Gasteiger partial charge on any atom is 0.239 e. The Morgan fingerprint density at radius 3 is 2.38 bits per heavy atom. The van der Waals surface area contributed by atoms with Crippen LogP contribution in [-0.4, -0.2) is 23.9 Å². The summed E-state index contributed by atoms with van der Waals surface area (Å²) < 4.78 is 0. The van der Waals surface area contributed by atoms with Crippen molar-refractivity contribution in [2.45, 2.75) is 32.4 Å². The molecule has 0 spiro atoms. The molecule has 0 unspecified atom stereocenters. The van der Waals surface area contributed by atoms with Crippen LogP contribution >= 0.6 is 0 Å². The second-order valence-electron chi connectivity index (χ2n) is 4.07. The van der Waals surface area contributed by atoms with E-state index < -0.39 is 6.04 Å². The van der Waals surface area contributed by atoms with E-state index in [0.717, 1.165) is 12.0 Å². The van der Waals surface area contributed by atoms with Gasteiger partial charge in [0.2, 0.25) is 5.91 Å². The van der Waals surface area contributed by atoms with E-state index in [1.54, 1.807) is 11.8 Å². The van der Waals surface area contributed by atoms with E-state index >= 15 is 0 Å². The van der Waals surface area contributed by atoms with Gasteiger partial charge in [-0.2, -0.15) is 0 Å². The summed E-state index contributed by atoms with van der Waals surface area (Å²) in [5.41, 5.74) is 6.77. The highest BCUT2D eigenvalue weighted by Crippen LogP contribution is 2.22. The monoisotopic (exact) mass is 220 g/mol. The average molecular weight is 220 g/mol. The van der Waals surface area contributed by atoms with Crippen LogP contribution < -0.4 is 5.73 Å². The third-order valence-corrected chi connectivity index (χ3v) is 2.78. The normalized spacial score (nSPS) is 14.2. The maximum atomic E-state index is 11.8. The quantitative estimate of drug-likeness (QED) is 0.843. The minimum Gasteiger partial charge on any atom is -0.337 e. The lowest BCUT2D eigenvalue weighted by Gasteiger charge is -2.29. The summed E-state index contributed by atoms with van der Waals surface area (Å²) in [4.78, 5) is 13.6. The van der Waals surface area contributed by atoms with Crippen molar-refractivity contribution >= 4 is 5.91 Å². The van der Waals surface area contributed by atoms with E-state index in [2.05, 4.69) is 6.92 Å². The maximum absolute atomic E-state index is 11.8. The van der Waals surface area contributed by atoms with Gasteiger partial charge in [0.05, 0.1) is 12.1 Å². The molecule has 1 aromatic rings. The predicted molar refractivity (Wildman–Crippen MR) is 65.9 cm³/mol. The molecule has 3 nitrogen and oxygen atoms in total. The molecule has 16 heavy (non-hydrogen) atoms. The summed E-state index contributed by atoms with van der Waals surface area (Å²) in [7, 11) is 1.81. The van der Waals surface area contributed by atoms with Crippen molar-refractivity contribution in [1.82, 2.24) is 4.90 Å². The van der Waals surface area contributed by atoms with Crippen LogP contribution in [0.5, 0.6) is 0 Å². The van der Waals surface area contributed by atoms with E-state index in [9.17, 15) is 4.79 Å².